The zero-order chi connectivity index (χ0) is 37.5. The molecule has 266 valence electrons. The summed E-state index contributed by atoms with van der Waals surface area (Å²) in [5.41, 5.74) is 15.4. The maximum Gasteiger partial charge on any atom is 0.0541 e. The highest BCUT2D eigenvalue weighted by molar-refractivity contribution is 6.14. The SMILES string of the molecule is c1ccc(-n2c3ccccc3c3cc(-c4ccc5c(c4)c4cc(-c6ccc7c(c6)c6ccccc6n7-c6ccccc6)ccc4n5-c4ccncc4)ccc32)cc1. The number of nitrogens with zero attached hydrogens (tertiary/aromatic N) is 4. The summed E-state index contributed by atoms with van der Waals surface area (Å²) in [4.78, 5) is 4.34. The van der Waals surface area contributed by atoms with Gasteiger partial charge in [0.1, 0.15) is 0 Å². The number of pyridine rings is 1. The number of benzene rings is 8. The van der Waals surface area contributed by atoms with Gasteiger partial charge in [-0.15, -0.1) is 0 Å². The molecule has 0 bridgehead atoms. The molecular formula is C53H34N4. The van der Waals surface area contributed by atoms with E-state index >= 15 is 0 Å². The van der Waals surface area contributed by atoms with Crippen molar-refractivity contribution >= 4 is 65.4 Å². The Morgan fingerprint density at radius 1 is 0.246 bits per heavy atom. The van der Waals surface area contributed by atoms with Crippen molar-refractivity contribution in [3.63, 3.8) is 0 Å². The second kappa shape index (κ2) is 12.4. The predicted octanol–water partition coefficient (Wildman–Crippen LogP) is 13.7. The third-order valence-corrected chi connectivity index (χ3v) is 11.7. The third kappa shape index (κ3) is 4.84. The second-order valence-electron chi connectivity index (χ2n) is 14.8. The molecule has 12 aromatic rings. The minimum Gasteiger partial charge on any atom is -0.309 e. The fourth-order valence-electron chi connectivity index (χ4n) is 9.17. The quantitative estimate of drug-likeness (QED) is 0.174. The van der Waals surface area contributed by atoms with Gasteiger partial charge in [-0.1, -0.05) is 97.1 Å². The molecule has 0 aliphatic rings. The monoisotopic (exact) mass is 726 g/mol. The van der Waals surface area contributed by atoms with Gasteiger partial charge in [-0.25, -0.2) is 0 Å². The topological polar surface area (TPSA) is 27.7 Å². The van der Waals surface area contributed by atoms with Crippen LogP contribution in [-0.4, -0.2) is 18.7 Å². The molecular weight excluding hydrogens is 693 g/mol. The molecule has 4 heterocycles. The number of fused-ring (bicyclic) bond motifs is 9. The number of hydrogen-bond acceptors (Lipinski definition) is 1. The first-order valence-electron chi connectivity index (χ1n) is 19.5. The molecule has 4 aromatic heterocycles. The van der Waals surface area contributed by atoms with Gasteiger partial charge in [-0.2, -0.15) is 0 Å². The highest BCUT2D eigenvalue weighted by Gasteiger charge is 2.18. The van der Waals surface area contributed by atoms with Gasteiger partial charge in [-0.05, 0) is 119 Å². The van der Waals surface area contributed by atoms with E-state index in [-0.39, 0.29) is 0 Å². The van der Waals surface area contributed by atoms with Gasteiger partial charge in [0.05, 0.1) is 33.1 Å². The summed E-state index contributed by atoms with van der Waals surface area (Å²) in [6, 6.07) is 70.7. The normalized spacial score (nSPS) is 11.9. The van der Waals surface area contributed by atoms with Crippen molar-refractivity contribution in [2.24, 2.45) is 0 Å². The minimum atomic E-state index is 1.09. The van der Waals surface area contributed by atoms with Crippen LogP contribution < -0.4 is 0 Å². The molecule has 4 heteroatoms. The molecule has 0 saturated heterocycles. The van der Waals surface area contributed by atoms with Gasteiger partial charge in [0.2, 0.25) is 0 Å². The molecule has 0 fully saturated rings. The molecule has 8 aromatic carbocycles. The Bertz CT molecular complexity index is 3280. The lowest BCUT2D eigenvalue weighted by Crippen LogP contribution is -1.94. The Morgan fingerprint density at radius 3 is 0.930 bits per heavy atom. The van der Waals surface area contributed by atoms with Crippen LogP contribution in [-0.2, 0) is 0 Å². The van der Waals surface area contributed by atoms with Crippen LogP contribution in [0.4, 0.5) is 0 Å². The molecule has 0 aliphatic heterocycles. The summed E-state index contributed by atoms with van der Waals surface area (Å²) >= 11 is 0. The molecule has 0 unspecified atom stereocenters. The number of para-hydroxylation sites is 4. The summed E-state index contributed by atoms with van der Waals surface area (Å²) in [7, 11) is 0. The maximum absolute atomic E-state index is 4.34. The van der Waals surface area contributed by atoms with Crippen molar-refractivity contribution in [1.82, 2.24) is 18.7 Å². The summed E-state index contributed by atoms with van der Waals surface area (Å²) in [5.74, 6) is 0. The van der Waals surface area contributed by atoms with Gasteiger partial charge in [0, 0.05) is 61.8 Å². The van der Waals surface area contributed by atoms with Crippen LogP contribution in [0.1, 0.15) is 0 Å². The molecule has 0 aliphatic carbocycles. The van der Waals surface area contributed by atoms with E-state index in [9.17, 15) is 0 Å². The highest BCUT2D eigenvalue weighted by atomic mass is 15.0. The second-order valence-corrected chi connectivity index (χ2v) is 14.8. The smallest absolute Gasteiger partial charge is 0.0541 e. The lowest BCUT2D eigenvalue weighted by Gasteiger charge is -2.09. The van der Waals surface area contributed by atoms with Crippen LogP contribution in [0.3, 0.4) is 0 Å². The van der Waals surface area contributed by atoms with E-state index in [4.69, 9.17) is 0 Å². The van der Waals surface area contributed by atoms with Crippen LogP contribution >= 0.6 is 0 Å². The largest absolute Gasteiger partial charge is 0.309 e. The number of hydrogen-bond donors (Lipinski definition) is 0. The Morgan fingerprint density at radius 2 is 0.544 bits per heavy atom. The van der Waals surface area contributed by atoms with Gasteiger partial charge in [-0.3, -0.25) is 4.98 Å². The van der Waals surface area contributed by atoms with E-state index in [1.807, 2.05) is 12.4 Å². The summed E-state index contributed by atoms with van der Waals surface area (Å²) < 4.78 is 7.11. The van der Waals surface area contributed by atoms with E-state index in [2.05, 4.69) is 213 Å². The molecule has 4 nitrogen and oxygen atoms in total. The van der Waals surface area contributed by atoms with Crippen LogP contribution in [0.15, 0.2) is 207 Å². The Kier molecular flexibility index (Phi) is 6.89. The number of rotatable bonds is 5. The van der Waals surface area contributed by atoms with Crippen molar-refractivity contribution < 1.29 is 0 Å². The van der Waals surface area contributed by atoms with E-state index < -0.39 is 0 Å². The van der Waals surface area contributed by atoms with Crippen molar-refractivity contribution in [1.29, 1.82) is 0 Å². The molecule has 0 amide bonds. The molecule has 0 atom stereocenters. The Labute approximate surface area is 328 Å². The summed E-state index contributed by atoms with van der Waals surface area (Å²) in [6.45, 7) is 0. The van der Waals surface area contributed by atoms with E-state index in [1.165, 1.54) is 99.0 Å². The average molecular weight is 727 g/mol. The average Bonchev–Trinajstić information content (AvgIpc) is 3.92. The van der Waals surface area contributed by atoms with Crippen molar-refractivity contribution in [3.05, 3.63) is 207 Å². The van der Waals surface area contributed by atoms with Gasteiger partial charge in [0.15, 0.2) is 0 Å². The standard InChI is InChI=1S/C53H34N4/c1-3-11-39(12-4-1)55-48-17-9-7-15-42(48)44-31-35(19-23-50(44)55)37-21-25-52-46(33-37)47-34-38(22-26-53(47)57(52)41-27-29-54-30-28-41)36-20-24-51-45(32-36)43-16-8-10-18-49(43)56(51)40-13-5-2-6-14-40/h1-34H. The Balaban J connectivity index is 1.05. The molecule has 12 rings (SSSR count). The first-order valence-corrected chi connectivity index (χ1v) is 19.5. The molecule has 0 N–H and O–H groups in total. The third-order valence-electron chi connectivity index (χ3n) is 11.7. The molecule has 0 spiro atoms. The Hall–Kier alpha value is -7.69. The molecule has 57 heavy (non-hydrogen) atoms. The first kappa shape index (κ1) is 31.6. The van der Waals surface area contributed by atoms with Crippen molar-refractivity contribution in [3.8, 4) is 39.3 Å². The van der Waals surface area contributed by atoms with Crippen LogP contribution in [0, 0.1) is 0 Å². The number of aromatic nitrogens is 4. The van der Waals surface area contributed by atoms with Crippen molar-refractivity contribution in [2.45, 2.75) is 0 Å². The zero-order valence-corrected chi connectivity index (χ0v) is 30.9. The fraction of sp³-hybridized carbons (Fsp3) is 0. The van der Waals surface area contributed by atoms with Gasteiger partial charge >= 0.3 is 0 Å². The summed E-state index contributed by atoms with van der Waals surface area (Å²) in [6.07, 6.45) is 3.75. The predicted molar refractivity (Wildman–Crippen MR) is 238 cm³/mol. The summed E-state index contributed by atoms with van der Waals surface area (Å²) in [5, 5.41) is 7.43. The first-order chi connectivity index (χ1) is 28.3. The zero-order valence-electron chi connectivity index (χ0n) is 30.9. The fourth-order valence-corrected chi connectivity index (χ4v) is 9.17. The van der Waals surface area contributed by atoms with E-state index in [0.29, 0.717) is 0 Å². The van der Waals surface area contributed by atoms with Crippen LogP contribution in [0.2, 0.25) is 0 Å². The van der Waals surface area contributed by atoms with Gasteiger partial charge in [0.25, 0.3) is 0 Å². The van der Waals surface area contributed by atoms with E-state index in [1.54, 1.807) is 0 Å². The van der Waals surface area contributed by atoms with Crippen LogP contribution in [0.25, 0.3) is 105 Å². The molecule has 0 saturated carbocycles. The molecule has 0 radical (unpaired) electrons. The lowest BCUT2D eigenvalue weighted by molar-refractivity contribution is 1.16. The van der Waals surface area contributed by atoms with Crippen LogP contribution in [0.5, 0.6) is 0 Å². The van der Waals surface area contributed by atoms with Gasteiger partial charge < -0.3 is 13.7 Å². The highest BCUT2D eigenvalue weighted by Crippen LogP contribution is 2.41. The maximum atomic E-state index is 4.34. The van der Waals surface area contributed by atoms with E-state index in [0.717, 1.165) is 5.69 Å². The van der Waals surface area contributed by atoms with Crippen molar-refractivity contribution in [2.75, 3.05) is 0 Å². The minimum absolute atomic E-state index is 1.09. The lowest BCUT2D eigenvalue weighted by atomic mass is 9.98.